The summed E-state index contributed by atoms with van der Waals surface area (Å²) in [6, 6.07) is 11.2. The Morgan fingerprint density at radius 2 is 1.87 bits per heavy atom. The highest BCUT2D eigenvalue weighted by Crippen LogP contribution is 2.34. The summed E-state index contributed by atoms with van der Waals surface area (Å²) in [6.07, 6.45) is 1.91. The van der Waals surface area contributed by atoms with Gasteiger partial charge in [-0.1, -0.05) is 12.1 Å². The van der Waals surface area contributed by atoms with Crippen molar-refractivity contribution in [3.63, 3.8) is 0 Å². The number of carbonyl (C=O) groups is 2. The maximum absolute atomic E-state index is 13.1. The zero-order chi connectivity index (χ0) is 21.1. The van der Waals surface area contributed by atoms with Crippen LogP contribution in [-0.4, -0.2) is 49.6 Å². The molecule has 0 aliphatic carbocycles. The number of nitrogens with one attached hydrogen (secondary N) is 1. The molecule has 0 bridgehead atoms. The van der Waals surface area contributed by atoms with Crippen molar-refractivity contribution in [2.45, 2.75) is 25.3 Å². The van der Waals surface area contributed by atoms with Gasteiger partial charge in [0.15, 0.2) is 11.5 Å². The third-order valence-electron chi connectivity index (χ3n) is 5.77. The maximum atomic E-state index is 13.1. The molecule has 2 heterocycles. The highest BCUT2D eigenvalue weighted by atomic mass is 19.1. The molecule has 0 aromatic heterocycles. The molecule has 1 N–H and O–H groups in total. The van der Waals surface area contributed by atoms with Crippen LogP contribution in [0.3, 0.4) is 0 Å². The standard InChI is InChI=1S/C23H25FN2O4/c1-29-20-4-2-3-17-13-19(14-30-21(17)20)25-22(27)15-9-11-26(12-10-15)23(28)16-5-7-18(24)8-6-16/h2-8,15,19H,9-14H2,1H3,(H,25,27). The minimum absolute atomic E-state index is 0.00354. The van der Waals surface area contributed by atoms with Crippen molar-refractivity contribution in [1.82, 2.24) is 10.2 Å². The lowest BCUT2D eigenvalue weighted by atomic mass is 9.94. The van der Waals surface area contributed by atoms with Crippen LogP contribution in [0.15, 0.2) is 42.5 Å². The predicted molar refractivity (Wildman–Crippen MR) is 109 cm³/mol. The predicted octanol–water partition coefficient (Wildman–Crippen LogP) is 2.81. The molecule has 2 aromatic carbocycles. The number of fused-ring (bicyclic) bond motifs is 1. The Labute approximate surface area is 175 Å². The summed E-state index contributed by atoms with van der Waals surface area (Å²) in [5, 5.41) is 3.10. The van der Waals surface area contributed by atoms with Crippen LogP contribution in [0.5, 0.6) is 11.5 Å². The number of para-hydroxylation sites is 1. The summed E-state index contributed by atoms with van der Waals surface area (Å²) < 4.78 is 24.2. The number of halogens is 1. The van der Waals surface area contributed by atoms with E-state index in [-0.39, 0.29) is 29.6 Å². The van der Waals surface area contributed by atoms with Crippen LogP contribution in [0.4, 0.5) is 4.39 Å². The molecule has 4 rings (SSSR count). The molecule has 158 valence electrons. The summed E-state index contributed by atoms with van der Waals surface area (Å²) in [5.74, 6) is 0.834. The van der Waals surface area contributed by atoms with E-state index in [9.17, 15) is 14.0 Å². The van der Waals surface area contributed by atoms with Gasteiger partial charge in [0.1, 0.15) is 12.4 Å². The Kier molecular flexibility index (Phi) is 5.88. The van der Waals surface area contributed by atoms with Crippen LogP contribution in [-0.2, 0) is 11.2 Å². The Balaban J connectivity index is 1.29. The minimum atomic E-state index is -0.366. The third-order valence-corrected chi connectivity index (χ3v) is 5.77. The molecular weight excluding hydrogens is 387 g/mol. The molecule has 2 aliphatic heterocycles. The van der Waals surface area contributed by atoms with Crippen LogP contribution in [0, 0.1) is 11.7 Å². The largest absolute Gasteiger partial charge is 0.493 e. The van der Waals surface area contributed by atoms with Crippen molar-refractivity contribution in [2.24, 2.45) is 5.92 Å². The van der Waals surface area contributed by atoms with Crippen molar-refractivity contribution in [1.29, 1.82) is 0 Å². The van der Waals surface area contributed by atoms with Crippen molar-refractivity contribution in [3.8, 4) is 11.5 Å². The van der Waals surface area contributed by atoms with Crippen molar-refractivity contribution < 1.29 is 23.5 Å². The van der Waals surface area contributed by atoms with Crippen LogP contribution in [0.2, 0.25) is 0 Å². The fourth-order valence-corrected chi connectivity index (χ4v) is 4.09. The number of ether oxygens (including phenoxy) is 2. The summed E-state index contributed by atoms with van der Waals surface area (Å²) >= 11 is 0. The van der Waals surface area contributed by atoms with E-state index in [1.54, 1.807) is 12.0 Å². The van der Waals surface area contributed by atoms with Gasteiger partial charge in [0, 0.05) is 30.1 Å². The number of methoxy groups -OCH3 is 1. The first-order valence-corrected chi connectivity index (χ1v) is 10.2. The third kappa shape index (κ3) is 4.25. The number of piperidine rings is 1. The monoisotopic (exact) mass is 412 g/mol. The molecule has 2 amide bonds. The van der Waals surface area contributed by atoms with Crippen molar-refractivity contribution in [3.05, 3.63) is 59.4 Å². The second-order valence-electron chi connectivity index (χ2n) is 7.74. The van der Waals surface area contributed by atoms with Gasteiger partial charge in [0.05, 0.1) is 13.2 Å². The summed E-state index contributed by atoms with van der Waals surface area (Å²) in [4.78, 5) is 27.0. The zero-order valence-corrected chi connectivity index (χ0v) is 16.9. The Hall–Kier alpha value is -3.09. The molecule has 1 atom stereocenters. The molecule has 1 saturated heterocycles. The number of hydrogen-bond acceptors (Lipinski definition) is 4. The number of nitrogens with zero attached hydrogens (tertiary/aromatic N) is 1. The van der Waals surface area contributed by atoms with Crippen LogP contribution in [0.1, 0.15) is 28.8 Å². The molecule has 2 aliphatic rings. The van der Waals surface area contributed by atoms with Gasteiger partial charge in [0.2, 0.25) is 5.91 Å². The average Bonchev–Trinajstić information content (AvgIpc) is 2.78. The number of likely N-dealkylation sites (tertiary alicyclic amines) is 1. The van der Waals surface area contributed by atoms with Gasteiger partial charge < -0.3 is 19.7 Å². The quantitative estimate of drug-likeness (QED) is 0.839. The Morgan fingerprint density at radius 3 is 2.57 bits per heavy atom. The molecule has 0 radical (unpaired) electrons. The lowest BCUT2D eigenvalue weighted by Gasteiger charge is -2.33. The topological polar surface area (TPSA) is 67.9 Å². The number of hydrogen-bond donors (Lipinski definition) is 1. The van der Waals surface area contributed by atoms with Gasteiger partial charge in [0.25, 0.3) is 5.91 Å². The number of benzene rings is 2. The second-order valence-corrected chi connectivity index (χ2v) is 7.74. The molecule has 2 aromatic rings. The van der Waals surface area contributed by atoms with Gasteiger partial charge >= 0.3 is 0 Å². The Bertz CT molecular complexity index is 923. The number of amides is 2. The van der Waals surface area contributed by atoms with E-state index >= 15 is 0 Å². The smallest absolute Gasteiger partial charge is 0.253 e. The molecule has 1 fully saturated rings. The number of carbonyl (C=O) groups excluding carboxylic acids is 2. The van der Waals surface area contributed by atoms with Gasteiger partial charge in [-0.15, -0.1) is 0 Å². The summed E-state index contributed by atoms with van der Waals surface area (Å²) in [7, 11) is 1.61. The Morgan fingerprint density at radius 1 is 1.13 bits per heavy atom. The second kappa shape index (κ2) is 8.73. The first kappa shape index (κ1) is 20.2. The highest BCUT2D eigenvalue weighted by Gasteiger charge is 2.30. The summed E-state index contributed by atoms with van der Waals surface area (Å²) in [6.45, 7) is 1.42. The van der Waals surface area contributed by atoms with Gasteiger partial charge in [-0.2, -0.15) is 0 Å². The van der Waals surface area contributed by atoms with Crippen molar-refractivity contribution >= 4 is 11.8 Å². The lowest BCUT2D eigenvalue weighted by molar-refractivity contribution is -0.127. The van der Waals surface area contributed by atoms with E-state index in [4.69, 9.17) is 9.47 Å². The zero-order valence-electron chi connectivity index (χ0n) is 16.9. The van der Waals surface area contributed by atoms with E-state index in [1.807, 2.05) is 18.2 Å². The SMILES string of the molecule is COc1cccc2c1OCC(NC(=O)C1CCN(C(=O)c3ccc(F)cc3)CC1)C2. The fourth-order valence-electron chi connectivity index (χ4n) is 4.09. The highest BCUT2D eigenvalue weighted by molar-refractivity contribution is 5.94. The van der Waals surface area contributed by atoms with Crippen molar-refractivity contribution in [2.75, 3.05) is 26.8 Å². The maximum Gasteiger partial charge on any atom is 0.253 e. The van der Waals surface area contributed by atoms with Gasteiger partial charge in [-0.05, 0) is 49.6 Å². The van der Waals surface area contributed by atoms with E-state index in [0.717, 1.165) is 11.3 Å². The molecule has 30 heavy (non-hydrogen) atoms. The summed E-state index contributed by atoms with van der Waals surface area (Å²) in [5.41, 5.74) is 1.48. The van der Waals surface area contributed by atoms with E-state index < -0.39 is 0 Å². The average molecular weight is 412 g/mol. The van der Waals surface area contributed by atoms with Crippen LogP contribution < -0.4 is 14.8 Å². The first-order valence-electron chi connectivity index (χ1n) is 10.2. The van der Waals surface area contributed by atoms with Crippen LogP contribution in [0.25, 0.3) is 0 Å². The molecule has 7 heteroatoms. The molecule has 6 nitrogen and oxygen atoms in total. The van der Waals surface area contributed by atoms with E-state index in [1.165, 1.54) is 24.3 Å². The first-order chi connectivity index (χ1) is 14.5. The van der Waals surface area contributed by atoms with Gasteiger partial charge in [-0.25, -0.2) is 4.39 Å². The molecular formula is C23H25FN2O4. The minimum Gasteiger partial charge on any atom is -0.493 e. The molecule has 1 unspecified atom stereocenters. The molecule has 0 spiro atoms. The lowest BCUT2D eigenvalue weighted by Crippen LogP contribution is -2.48. The fraction of sp³-hybridized carbons (Fsp3) is 0.391. The van der Waals surface area contributed by atoms with Gasteiger partial charge in [-0.3, -0.25) is 9.59 Å². The number of rotatable bonds is 4. The normalized spacial score (nSPS) is 18.9. The van der Waals surface area contributed by atoms with Crippen LogP contribution >= 0.6 is 0 Å². The van der Waals surface area contributed by atoms with E-state index in [0.29, 0.717) is 50.3 Å². The van der Waals surface area contributed by atoms with E-state index in [2.05, 4.69) is 5.32 Å². The molecule has 0 saturated carbocycles.